The van der Waals surface area contributed by atoms with Crippen LogP contribution in [-0.2, 0) is 10.0 Å². The number of sulfonamides is 1. The number of benzene rings is 1. The highest BCUT2D eigenvalue weighted by Crippen LogP contribution is 2.28. The Morgan fingerprint density at radius 3 is 2.76 bits per heavy atom. The van der Waals surface area contributed by atoms with Crippen LogP contribution >= 0.6 is 11.3 Å². The van der Waals surface area contributed by atoms with Crippen LogP contribution in [-0.4, -0.2) is 31.9 Å². The molecule has 1 unspecified atom stereocenters. The second-order valence-corrected chi connectivity index (χ2v) is 9.63. The van der Waals surface area contributed by atoms with Gasteiger partial charge < -0.3 is 4.74 Å². The SMILES string of the molecule is CC(C)c1ccc(OC2CCCN(S(=O)(=O)c3cccs3)C2)cc1F. The van der Waals surface area contributed by atoms with E-state index in [0.717, 1.165) is 12.8 Å². The van der Waals surface area contributed by atoms with Gasteiger partial charge in [0.15, 0.2) is 0 Å². The van der Waals surface area contributed by atoms with Gasteiger partial charge in [-0.05, 0) is 41.8 Å². The Hall–Kier alpha value is -1.44. The van der Waals surface area contributed by atoms with E-state index in [1.54, 1.807) is 29.6 Å². The molecule has 0 bridgehead atoms. The van der Waals surface area contributed by atoms with Gasteiger partial charge in [0.1, 0.15) is 21.9 Å². The van der Waals surface area contributed by atoms with E-state index in [9.17, 15) is 12.8 Å². The van der Waals surface area contributed by atoms with Crippen molar-refractivity contribution in [3.8, 4) is 5.75 Å². The molecular weight excluding hydrogens is 361 g/mol. The van der Waals surface area contributed by atoms with Gasteiger partial charge in [-0.3, -0.25) is 0 Å². The minimum Gasteiger partial charge on any atom is -0.489 e. The molecule has 0 radical (unpaired) electrons. The predicted molar refractivity (Wildman–Crippen MR) is 97.2 cm³/mol. The van der Waals surface area contributed by atoms with Crippen LogP contribution in [0.3, 0.4) is 0 Å². The van der Waals surface area contributed by atoms with Gasteiger partial charge in [0.2, 0.25) is 0 Å². The van der Waals surface area contributed by atoms with Crippen molar-refractivity contribution < 1.29 is 17.5 Å². The first kappa shape index (κ1) is 18.4. The van der Waals surface area contributed by atoms with Crippen LogP contribution in [0.15, 0.2) is 39.9 Å². The van der Waals surface area contributed by atoms with Crippen molar-refractivity contribution in [2.75, 3.05) is 13.1 Å². The minimum absolute atomic E-state index is 0.107. The van der Waals surface area contributed by atoms with Crippen molar-refractivity contribution in [3.05, 3.63) is 47.1 Å². The highest BCUT2D eigenvalue weighted by atomic mass is 32.2. The maximum Gasteiger partial charge on any atom is 0.252 e. The number of ether oxygens (including phenoxy) is 1. The fourth-order valence-corrected chi connectivity index (χ4v) is 5.65. The zero-order valence-corrected chi connectivity index (χ0v) is 15.9. The molecule has 0 amide bonds. The van der Waals surface area contributed by atoms with E-state index in [0.29, 0.717) is 22.1 Å². The van der Waals surface area contributed by atoms with Crippen molar-refractivity contribution in [3.63, 3.8) is 0 Å². The van der Waals surface area contributed by atoms with Gasteiger partial charge in [-0.25, -0.2) is 12.8 Å². The third-order valence-electron chi connectivity index (χ3n) is 4.33. The van der Waals surface area contributed by atoms with Gasteiger partial charge in [0, 0.05) is 12.6 Å². The molecule has 1 aromatic carbocycles. The Morgan fingerprint density at radius 1 is 1.32 bits per heavy atom. The summed E-state index contributed by atoms with van der Waals surface area (Å²) in [6.07, 6.45) is 1.21. The summed E-state index contributed by atoms with van der Waals surface area (Å²) in [7, 11) is -3.47. The quantitative estimate of drug-likeness (QED) is 0.776. The molecule has 0 aliphatic carbocycles. The summed E-state index contributed by atoms with van der Waals surface area (Å²) in [6.45, 7) is 4.65. The lowest BCUT2D eigenvalue weighted by molar-refractivity contribution is 0.129. The molecule has 0 N–H and O–H groups in total. The number of thiophene rings is 1. The number of halogens is 1. The maximum atomic E-state index is 14.1. The Bertz CT molecular complexity index is 819. The number of rotatable bonds is 5. The molecule has 136 valence electrons. The molecule has 7 heteroatoms. The lowest BCUT2D eigenvalue weighted by Gasteiger charge is -2.31. The van der Waals surface area contributed by atoms with Gasteiger partial charge in [-0.15, -0.1) is 11.3 Å². The fourth-order valence-electron chi connectivity index (χ4n) is 3.00. The van der Waals surface area contributed by atoms with Crippen molar-refractivity contribution in [2.24, 2.45) is 0 Å². The molecule has 1 saturated heterocycles. The predicted octanol–water partition coefficient (Wildman–Crippen LogP) is 4.24. The second kappa shape index (κ2) is 7.43. The van der Waals surface area contributed by atoms with E-state index in [-0.39, 0.29) is 24.4 Å². The normalized spacial score (nSPS) is 19.3. The van der Waals surface area contributed by atoms with Gasteiger partial charge >= 0.3 is 0 Å². The average molecular weight is 384 g/mol. The lowest BCUT2D eigenvalue weighted by atomic mass is 10.0. The summed E-state index contributed by atoms with van der Waals surface area (Å²) >= 11 is 1.21. The maximum absolute atomic E-state index is 14.1. The molecule has 1 aliphatic heterocycles. The van der Waals surface area contributed by atoms with Gasteiger partial charge in [-0.2, -0.15) is 4.31 Å². The van der Waals surface area contributed by atoms with Crippen LogP contribution in [0.5, 0.6) is 5.75 Å². The average Bonchev–Trinajstić information content (AvgIpc) is 3.10. The van der Waals surface area contributed by atoms with E-state index in [4.69, 9.17) is 4.74 Å². The van der Waals surface area contributed by atoms with Crippen LogP contribution in [0.25, 0.3) is 0 Å². The number of piperidine rings is 1. The van der Waals surface area contributed by atoms with Crippen molar-refractivity contribution in [1.82, 2.24) is 4.31 Å². The monoisotopic (exact) mass is 383 g/mol. The first-order valence-electron chi connectivity index (χ1n) is 8.37. The summed E-state index contributed by atoms with van der Waals surface area (Å²) in [5.41, 5.74) is 0.651. The van der Waals surface area contributed by atoms with E-state index in [2.05, 4.69) is 0 Å². The Kier molecular flexibility index (Phi) is 5.46. The van der Waals surface area contributed by atoms with Crippen LogP contribution in [0.1, 0.15) is 38.2 Å². The third-order valence-corrected chi connectivity index (χ3v) is 7.56. The molecule has 0 saturated carbocycles. The summed E-state index contributed by atoms with van der Waals surface area (Å²) in [6, 6.07) is 8.23. The smallest absolute Gasteiger partial charge is 0.252 e. The standard InChI is InChI=1S/C18H22FNO3S2/c1-13(2)16-8-7-14(11-17(16)19)23-15-5-3-9-20(12-15)25(21,22)18-6-4-10-24-18/h4,6-8,10-11,13,15H,3,5,9,12H2,1-2H3. The van der Waals surface area contributed by atoms with E-state index < -0.39 is 10.0 Å². The van der Waals surface area contributed by atoms with Crippen molar-refractivity contribution in [1.29, 1.82) is 0 Å². The summed E-state index contributed by atoms with van der Waals surface area (Å²) in [5.74, 6) is 0.267. The lowest BCUT2D eigenvalue weighted by Crippen LogP contribution is -2.44. The zero-order valence-electron chi connectivity index (χ0n) is 14.3. The Balaban J connectivity index is 1.71. The summed E-state index contributed by atoms with van der Waals surface area (Å²) < 4.78 is 47.1. The van der Waals surface area contributed by atoms with E-state index in [1.807, 2.05) is 13.8 Å². The second-order valence-electron chi connectivity index (χ2n) is 6.52. The third kappa shape index (κ3) is 4.04. The number of hydrogen-bond donors (Lipinski definition) is 0. The van der Waals surface area contributed by atoms with Gasteiger partial charge in [0.25, 0.3) is 10.0 Å². The highest BCUT2D eigenvalue weighted by molar-refractivity contribution is 7.91. The summed E-state index contributed by atoms with van der Waals surface area (Å²) in [4.78, 5) is 0. The van der Waals surface area contributed by atoms with Crippen LogP contribution in [0.2, 0.25) is 0 Å². The fraction of sp³-hybridized carbons (Fsp3) is 0.444. The number of nitrogens with zero attached hydrogens (tertiary/aromatic N) is 1. The minimum atomic E-state index is -3.47. The zero-order chi connectivity index (χ0) is 18.0. The molecule has 0 spiro atoms. The molecule has 1 atom stereocenters. The van der Waals surface area contributed by atoms with Crippen LogP contribution in [0, 0.1) is 5.82 Å². The molecule has 25 heavy (non-hydrogen) atoms. The highest BCUT2D eigenvalue weighted by Gasteiger charge is 2.31. The molecule has 1 aliphatic rings. The molecule has 2 aromatic rings. The van der Waals surface area contributed by atoms with Gasteiger partial charge in [0.05, 0.1) is 6.54 Å². The first-order valence-corrected chi connectivity index (χ1v) is 10.7. The van der Waals surface area contributed by atoms with Crippen LogP contribution < -0.4 is 4.74 Å². The molecule has 1 fully saturated rings. The molecule has 2 heterocycles. The van der Waals surface area contributed by atoms with E-state index >= 15 is 0 Å². The number of hydrogen-bond acceptors (Lipinski definition) is 4. The first-order chi connectivity index (χ1) is 11.9. The van der Waals surface area contributed by atoms with Crippen molar-refractivity contribution >= 4 is 21.4 Å². The molecule has 4 nitrogen and oxygen atoms in total. The molecule has 1 aromatic heterocycles. The molecular formula is C18H22FNO3S2. The topological polar surface area (TPSA) is 46.6 Å². The Morgan fingerprint density at radius 2 is 2.12 bits per heavy atom. The molecule has 3 rings (SSSR count). The largest absolute Gasteiger partial charge is 0.489 e. The van der Waals surface area contributed by atoms with E-state index in [1.165, 1.54) is 21.7 Å². The van der Waals surface area contributed by atoms with Crippen molar-refractivity contribution in [2.45, 2.75) is 42.9 Å². The Labute approximate surface area is 152 Å². The van der Waals surface area contributed by atoms with Crippen LogP contribution in [0.4, 0.5) is 4.39 Å². The van der Waals surface area contributed by atoms with Gasteiger partial charge in [-0.1, -0.05) is 26.0 Å². The summed E-state index contributed by atoms with van der Waals surface area (Å²) in [5, 5.41) is 1.75.